The van der Waals surface area contributed by atoms with Crippen LogP contribution in [0.1, 0.15) is 24.0 Å². The fourth-order valence-electron chi connectivity index (χ4n) is 4.88. The minimum Gasteiger partial charge on any atom is -0.396 e. The van der Waals surface area contributed by atoms with E-state index >= 15 is 0 Å². The number of hydrogen-bond donors (Lipinski definition) is 1. The van der Waals surface area contributed by atoms with Gasteiger partial charge >= 0.3 is 6.18 Å². The molecule has 1 saturated heterocycles. The van der Waals surface area contributed by atoms with Crippen LogP contribution in [0, 0.1) is 23.4 Å². The summed E-state index contributed by atoms with van der Waals surface area (Å²) in [5.41, 5.74) is -0.125. The van der Waals surface area contributed by atoms with E-state index in [0.717, 1.165) is 42.4 Å². The maximum absolute atomic E-state index is 14.4. The zero-order valence-corrected chi connectivity index (χ0v) is 19.6. The predicted molar refractivity (Wildman–Crippen MR) is 128 cm³/mol. The molecule has 0 unspecified atom stereocenters. The SMILES string of the molecule is OCC1CCN(c2ccc(-c3c4cccc(C(F)(F)F)c4nn3Cc3c(F)cc(F)cc3F)cc2)CC1. The summed E-state index contributed by atoms with van der Waals surface area (Å²) in [6.07, 6.45) is -2.98. The van der Waals surface area contributed by atoms with E-state index in [9.17, 15) is 31.4 Å². The van der Waals surface area contributed by atoms with Gasteiger partial charge in [0.1, 0.15) is 23.0 Å². The molecule has 2 heterocycles. The molecule has 0 saturated carbocycles. The van der Waals surface area contributed by atoms with Crippen molar-refractivity contribution >= 4 is 16.6 Å². The number of piperidine rings is 1. The van der Waals surface area contributed by atoms with Crippen molar-refractivity contribution in [1.82, 2.24) is 9.78 Å². The average Bonchev–Trinajstić information content (AvgIpc) is 3.24. The summed E-state index contributed by atoms with van der Waals surface area (Å²) in [6.45, 7) is 1.15. The van der Waals surface area contributed by atoms with Gasteiger partial charge in [0.15, 0.2) is 0 Å². The van der Waals surface area contributed by atoms with Crippen LogP contribution in [0.15, 0.2) is 54.6 Å². The lowest BCUT2D eigenvalue weighted by molar-refractivity contribution is -0.136. The van der Waals surface area contributed by atoms with Gasteiger partial charge in [-0.3, -0.25) is 4.68 Å². The second-order valence-electron chi connectivity index (χ2n) is 9.21. The molecule has 0 radical (unpaired) electrons. The molecular formula is C27H23F6N3O. The molecule has 1 aliphatic heterocycles. The first-order chi connectivity index (χ1) is 17.7. The Kier molecular flexibility index (Phi) is 6.61. The molecule has 0 atom stereocenters. The first-order valence-corrected chi connectivity index (χ1v) is 11.8. The van der Waals surface area contributed by atoms with Gasteiger partial charge in [-0.2, -0.15) is 18.3 Å². The van der Waals surface area contributed by atoms with Crippen LogP contribution >= 0.6 is 0 Å². The predicted octanol–water partition coefficient (Wildman–Crippen LogP) is 6.40. The number of alkyl halides is 3. The number of rotatable bonds is 5. The van der Waals surface area contributed by atoms with E-state index in [1.165, 1.54) is 12.1 Å². The van der Waals surface area contributed by atoms with Crippen LogP contribution in [0.2, 0.25) is 0 Å². The quantitative estimate of drug-likeness (QED) is 0.311. The Balaban J connectivity index is 1.59. The van der Waals surface area contributed by atoms with E-state index in [1.54, 1.807) is 12.1 Å². The van der Waals surface area contributed by atoms with E-state index in [1.807, 2.05) is 12.1 Å². The number of aliphatic hydroxyl groups excluding tert-OH is 1. The van der Waals surface area contributed by atoms with Crippen molar-refractivity contribution in [1.29, 1.82) is 0 Å². The first kappa shape index (κ1) is 25.1. The van der Waals surface area contributed by atoms with Crippen molar-refractivity contribution in [3.8, 4) is 11.3 Å². The lowest BCUT2D eigenvalue weighted by Crippen LogP contribution is -2.34. The second kappa shape index (κ2) is 9.74. The third kappa shape index (κ3) is 4.90. The van der Waals surface area contributed by atoms with Crippen LogP contribution in [0.3, 0.4) is 0 Å². The number of aromatic nitrogens is 2. The molecule has 1 N–H and O–H groups in total. The van der Waals surface area contributed by atoms with Crippen LogP contribution in [-0.4, -0.2) is 34.6 Å². The van der Waals surface area contributed by atoms with Crippen molar-refractivity contribution in [2.75, 3.05) is 24.6 Å². The summed E-state index contributed by atoms with van der Waals surface area (Å²) in [7, 11) is 0. The minimum absolute atomic E-state index is 0.152. The van der Waals surface area contributed by atoms with Gasteiger partial charge < -0.3 is 10.0 Å². The Morgan fingerprint density at radius 2 is 1.57 bits per heavy atom. The standard InChI is InChI=1S/C27H23F6N3O/c28-18-12-23(29)21(24(30)13-18)14-36-26(20-2-1-3-22(25(20)34-36)27(31,32)33)17-4-6-19(7-5-17)35-10-8-16(15-37)9-11-35/h1-7,12-13,16,37H,8-11,14-15H2. The molecule has 10 heteroatoms. The lowest BCUT2D eigenvalue weighted by atomic mass is 9.97. The Morgan fingerprint density at radius 3 is 2.16 bits per heavy atom. The molecule has 4 aromatic rings. The van der Waals surface area contributed by atoms with E-state index in [-0.39, 0.29) is 29.1 Å². The molecule has 5 rings (SSSR count). The Hall–Kier alpha value is -3.53. The maximum atomic E-state index is 14.4. The highest BCUT2D eigenvalue weighted by Gasteiger charge is 2.34. The van der Waals surface area contributed by atoms with Gasteiger partial charge in [0.2, 0.25) is 0 Å². The van der Waals surface area contributed by atoms with Crippen molar-refractivity contribution < 1.29 is 31.4 Å². The summed E-state index contributed by atoms with van der Waals surface area (Å²) in [5, 5.41) is 13.7. The molecule has 0 spiro atoms. The van der Waals surface area contributed by atoms with Crippen molar-refractivity contribution in [2.45, 2.75) is 25.6 Å². The van der Waals surface area contributed by atoms with Crippen LogP contribution in [-0.2, 0) is 12.7 Å². The topological polar surface area (TPSA) is 41.3 Å². The summed E-state index contributed by atoms with van der Waals surface area (Å²) < 4.78 is 84.7. The minimum atomic E-state index is -4.69. The summed E-state index contributed by atoms with van der Waals surface area (Å²) >= 11 is 0. The normalized spacial score (nSPS) is 15.1. The highest BCUT2D eigenvalue weighted by molar-refractivity contribution is 5.95. The average molecular weight is 519 g/mol. The molecule has 0 amide bonds. The van der Waals surface area contributed by atoms with E-state index < -0.39 is 41.3 Å². The van der Waals surface area contributed by atoms with Crippen LogP contribution < -0.4 is 4.90 Å². The first-order valence-electron chi connectivity index (χ1n) is 11.8. The monoisotopic (exact) mass is 519 g/mol. The zero-order valence-electron chi connectivity index (χ0n) is 19.6. The van der Waals surface area contributed by atoms with Gasteiger partial charge in [0.05, 0.1) is 17.8 Å². The number of fused-ring (bicyclic) bond motifs is 1. The van der Waals surface area contributed by atoms with E-state index in [0.29, 0.717) is 17.7 Å². The molecule has 0 bridgehead atoms. The van der Waals surface area contributed by atoms with Crippen LogP contribution in [0.5, 0.6) is 0 Å². The zero-order chi connectivity index (χ0) is 26.3. The number of aliphatic hydroxyl groups is 1. The smallest absolute Gasteiger partial charge is 0.396 e. The number of nitrogens with zero attached hydrogens (tertiary/aromatic N) is 3. The van der Waals surface area contributed by atoms with E-state index in [4.69, 9.17) is 0 Å². The molecule has 0 aliphatic carbocycles. The van der Waals surface area contributed by atoms with Crippen LogP contribution in [0.25, 0.3) is 22.2 Å². The number of benzene rings is 3. The Labute approximate surface area is 208 Å². The highest BCUT2D eigenvalue weighted by atomic mass is 19.4. The fourth-order valence-corrected chi connectivity index (χ4v) is 4.88. The molecule has 1 fully saturated rings. The van der Waals surface area contributed by atoms with Crippen molar-refractivity contribution in [3.05, 3.63) is 83.2 Å². The third-order valence-electron chi connectivity index (χ3n) is 6.87. The molecular weight excluding hydrogens is 496 g/mol. The fraction of sp³-hybridized carbons (Fsp3) is 0.296. The summed E-state index contributed by atoms with van der Waals surface area (Å²) in [4.78, 5) is 2.16. The summed E-state index contributed by atoms with van der Waals surface area (Å²) in [6, 6.07) is 11.8. The molecule has 3 aromatic carbocycles. The van der Waals surface area contributed by atoms with Crippen molar-refractivity contribution in [2.24, 2.45) is 5.92 Å². The van der Waals surface area contributed by atoms with Gasteiger partial charge in [0, 0.05) is 54.0 Å². The van der Waals surface area contributed by atoms with Gasteiger partial charge in [-0.1, -0.05) is 24.3 Å². The number of hydrogen-bond acceptors (Lipinski definition) is 3. The molecule has 1 aromatic heterocycles. The molecule has 1 aliphatic rings. The largest absolute Gasteiger partial charge is 0.418 e. The second-order valence-corrected chi connectivity index (χ2v) is 9.21. The third-order valence-corrected chi connectivity index (χ3v) is 6.87. The highest BCUT2D eigenvalue weighted by Crippen LogP contribution is 2.39. The lowest BCUT2D eigenvalue weighted by Gasteiger charge is -2.33. The number of anilines is 1. The maximum Gasteiger partial charge on any atom is 0.418 e. The van der Waals surface area contributed by atoms with Gasteiger partial charge in [-0.25, -0.2) is 13.2 Å². The Bertz CT molecular complexity index is 1400. The van der Waals surface area contributed by atoms with Gasteiger partial charge in [-0.15, -0.1) is 0 Å². The number of halogens is 6. The van der Waals surface area contributed by atoms with Gasteiger partial charge in [0.25, 0.3) is 0 Å². The molecule has 194 valence electrons. The van der Waals surface area contributed by atoms with E-state index in [2.05, 4.69) is 10.00 Å². The molecule has 4 nitrogen and oxygen atoms in total. The van der Waals surface area contributed by atoms with Crippen LogP contribution in [0.4, 0.5) is 32.0 Å². The molecule has 37 heavy (non-hydrogen) atoms. The van der Waals surface area contributed by atoms with Crippen molar-refractivity contribution in [3.63, 3.8) is 0 Å². The Morgan fingerprint density at radius 1 is 0.919 bits per heavy atom. The van der Waals surface area contributed by atoms with Gasteiger partial charge in [-0.05, 0) is 37.0 Å². The summed E-state index contributed by atoms with van der Waals surface area (Å²) in [5.74, 6) is -3.13.